The highest BCUT2D eigenvalue weighted by molar-refractivity contribution is 5.63. The predicted octanol–water partition coefficient (Wildman–Crippen LogP) is 3.34. The highest BCUT2D eigenvalue weighted by Gasteiger charge is 2.09. The van der Waals surface area contributed by atoms with Crippen molar-refractivity contribution in [1.82, 2.24) is 4.98 Å². The summed E-state index contributed by atoms with van der Waals surface area (Å²) in [6.45, 7) is 2.75. The minimum absolute atomic E-state index is 0.220. The van der Waals surface area contributed by atoms with E-state index in [0.29, 0.717) is 18.0 Å². The summed E-state index contributed by atoms with van der Waals surface area (Å²) in [6.07, 6.45) is 4.42. The molecule has 1 aromatic carbocycles. The van der Waals surface area contributed by atoms with Gasteiger partial charge in [-0.1, -0.05) is 25.1 Å². The lowest BCUT2D eigenvalue weighted by Gasteiger charge is -2.11. The number of hydrogen-bond donors (Lipinski definition) is 1. The molecule has 2 nitrogen and oxygen atoms in total. The predicted molar refractivity (Wildman–Crippen MR) is 71.7 cm³/mol. The summed E-state index contributed by atoms with van der Waals surface area (Å²) in [5.74, 6) is 0.122. The number of nitrogens with zero attached hydrogens (tertiary/aromatic N) is 1. The fraction of sp³-hybridized carbons (Fsp3) is 0.267. The Morgan fingerprint density at radius 1 is 1.28 bits per heavy atom. The third-order valence-corrected chi connectivity index (χ3v) is 3.11. The van der Waals surface area contributed by atoms with E-state index < -0.39 is 0 Å². The lowest BCUT2D eigenvalue weighted by atomic mass is 9.96. The van der Waals surface area contributed by atoms with E-state index in [1.54, 1.807) is 18.3 Å². The van der Waals surface area contributed by atoms with Gasteiger partial charge in [0.1, 0.15) is 5.82 Å². The standard InChI is InChI=1S/C15H17FN2/c1-11(6-7-17)12-8-13(10-18-9-12)14-4-2-3-5-15(14)16/h2-5,8-11H,6-7,17H2,1H3. The molecule has 1 aromatic heterocycles. The fourth-order valence-corrected chi connectivity index (χ4v) is 1.99. The van der Waals surface area contributed by atoms with Crippen LogP contribution in [0.4, 0.5) is 4.39 Å². The molecule has 0 fully saturated rings. The van der Waals surface area contributed by atoms with Crippen molar-refractivity contribution in [3.8, 4) is 11.1 Å². The minimum atomic E-state index is -0.220. The Balaban J connectivity index is 2.36. The second-order valence-corrected chi connectivity index (χ2v) is 4.47. The van der Waals surface area contributed by atoms with Crippen LogP contribution in [0.15, 0.2) is 42.7 Å². The number of hydrogen-bond acceptors (Lipinski definition) is 2. The Hall–Kier alpha value is -1.74. The Bertz CT molecular complexity index is 525. The highest BCUT2D eigenvalue weighted by atomic mass is 19.1. The fourth-order valence-electron chi connectivity index (χ4n) is 1.99. The molecule has 0 radical (unpaired) electrons. The molecule has 0 saturated heterocycles. The highest BCUT2D eigenvalue weighted by Crippen LogP contribution is 2.26. The van der Waals surface area contributed by atoms with E-state index in [1.807, 2.05) is 18.3 Å². The Morgan fingerprint density at radius 2 is 2.06 bits per heavy atom. The SMILES string of the molecule is CC(CCN)c1cncc(-c2ccccc2F)c1. The lowest BCUT2D eigenvalue weighted by molar-refractivity contribution is 0.631. The van der Waals surface area contributed by atoms with E-state index in [9.17, 15) is 4.39 Å². The zero-order valence-electron chi connectivity index (χ0n) is 10.4. The van der Waals surface area contributed by atoms with Crippen LogP contribution >= 0.6 is 0 Å². The van der Waals surface area contributed by atoms with Crippen LogP contribution in [0.25, 0.3) is 11.1 Å². The van der Waals surface area contributed by atoms with Crippen LogP contribution < -0.4 is 5.73 Å². The van der Waals surface area contributed by atoms with Crippen LogP contribution in [0, 0.1) is 5.82 Å². The maximum atomic E-state index is 13.7. The lowest BCUT2D eigenvalue weighted by Crippen LogP contribution is -2.05. The zero-order chi connectivity index (χ0) is 13.0. The van der Waals surface area contributed by atoms with Crippen molar-refractivity contribution in [2.75, 3.05) is 6.54 Å². The maximum absolute atomic E-state index is 13.7. The summed E-state index contributed by atoms with van der Waals surface area (Å²) in [5.41, 5.74) is 8.06. The van der Waals surface area contributed by atoms with E-state index in [0.717, 1.165) is 17.5 Å². The minimum Gasteiger partial charge on any atom is -0.330 e. The molecule has 0 aliphatic heterocycles. The molecule has 3 heteroatoms. The van der Waals surface area contributed by atoms with Crippen molar-refractivity contribution in [3.63, 3.8) is 0 Å². The van der Waals surface area contributed by atoms with Crippen LogP contribution in [0.3, 0.4) is 0 Å². The first-order chi connectivity index (χ1) is 8.72. The molecular weight excluding hydrogens is 227 g/mol. The first-order valence-corrected chi connectivity index (χ1v) is 6.12. The maximum Gasteiger partial charge on any atom is 0.131 e. The van der Waals surface area contributed by atoms with Crippen LogP contribution in [-0.2, 0) is 0 Å². The topological polar surface area (TPSA) is 38.9 Å². The van der Waals surface area contributed by atoms with Gasteiger partial charge in [0.15, 0.2) is 0 Å². The number of benzene rings is 1. The first kappa shape index (κ1) is 12.7. The monoisotopic (exact) mass is 244 g/mol. The molecule has 0 spiro atoms. The summed E-state index contributed by atoms with van der Waals surface area (Å²) in [6, 6.07) is 8.74. The average Bonchev–Trinajstić information content (AvgIpc) is 2.40. The second-order valence-electron chi connectivity index (χ2n) is 4.47. The van der Waals surface area contributed by atoms with Crippen LogP contribution in [0.2, 0.25) is 0 Å². The van der Waals surface area contributed by atoms with Gasteiger partial charge in [-0.25, -0.2) is 4.39 Å². The summed E-state index contributed by atoms with van der Waals surface area (Å²) in [4.78, 5) is 4.20. The molecule has 94 valence electrons. The summed E-state index contributed by atoms with van der Waals surface area (Å²) in [5, 5.41) is 0. The van der Waals surface area contributed by atoms with Gasteiger partial charge in [-0.2, -0.15) is 0 Å². The third kappa shape index (κ3) is 2.74. The van der Waals surface area contributed by atoms with Crippen molar-refractivity contribution in [2.24, 2.45) is 5.73 Å². The van der Waals surface area contributed by atoms with Gasteiger partial charge in [0.05, 0.1) is 0 Å². The van der Waals surface area contributed by atoms with Crippen molar-refractivity contribution >= 4 is 0 Å². The zero-order valence-corrected chi connectivity index (χ0v) is 10.4. The van der Waals surface area contributed by atoms with Gasteiger partial charge in [0, 0.05) is 23.5 Å². The normalized spacial score (nSPS) is 12.4. The Morgan fingerprint density at radius 3 is 2.78 bits per heavy atom. The molecule has 1 heterocycles. The molecule has 0 amide bonds. The summed E-state index contributed by atoms with van der Waals surface area (Å²) in [7, 11) is 0. The van der Waals surface area contributed by atoms with Crippen molar-refractivity contribution in [2.45, 2.75) is 19.3 Å². The second kappa shape index (κ2) is 5.74. The molecule has 2 N–H and O–H groups in total. The van der Waals surface area contributed by atoms with Gasteiger partial charge in [-0.05, 0) is 36.6 Å². The van der Waals surface area contributed by atoms with E-state index in [1.165, 1.54) is 6.07 Å². The number of halogens is 1. The van der Waals surface area contributed by atoms with Crippen molar-refractivity contribution < 1.29 is 4.39 Å². The molecule has 2 aromatic rings. The van der Waals surface area contributed by atoms with Gasteiger partial charge in [0.25, 0.3) is 0 Å². The van der Waals surface area contributed by atoms with Gasteiger partial charge < -0.3 is 5.73 Å². The molecule has 18 heavy (non-hydrogen) atoms. The smallest absolute Gasteiger partial charge is 0.131 e. The van der Waals surface area contributed by atoms with Crippen molar-refractivity contribution in [3.05, 3.63) is 54.1 Å². The largest absolute Gasteiger partial charge is 0.330 e. The number of rotatable bonds is 4. The number of pyridine rings is 1. The van der Waals surface area contributed by atoms with Crippen molar-refractivity contribution in [1.29, 1.82) is 0 Å². The first-order valence-electron chi connectivity index (χ1n) is 6.12. The van der Waals surface area contributed by atoms with Gasteiger partial charge in [-0.3, -0.25) is 4.98 Å². The van der Waals surface area contributed by atoms with E-state index in [2.05, 4.69) is 11.9 Å². The molecule has 2 rings (SSSR count). The molecular formula is C15H17FN2. The Labute approximate surface area is 107 Å². The van der Waals surface area contributed by atoms with Gasteiger partial charge in [-0.15, -0.1) is 0 Å². The number of aromatic nitrogens is 1. The third-order valence-electron chi connectivity index (χ3n) is 3.11. The molecule has 0 saturated carbocycles. The van der Waals surface area contributed by atoms with Crippen LogP contribution in [0.1, 0.15) is 24.8 Å². The van der Waals surface area contributed by atoms with Crippen LogP contribution in [-0.4, -0.2) is 11.5 Å². The molecule has 0 aliphatic rings. The van der Waals surface area contributed by atoms with E-state index >= 15 is 0 Å². The quantitative estimate of drug-likeness (QED) is 0.895. The van der Waals surface area contributed by atoms with Crippen LogP contribution in [0.5, 0.6) is 0 Å². The van der Waals surface area contributed by atoms with E-state index in [-0.39, 0.29) is 5.82 Å². The van der Waals surface area contributed by atoms with Gasteiger partial charge in [0.2, 0.25) is 0 Å². The number of nitrogens with two attached hydrogens (primary N) is 1. The molecule has 0 bridgehead atoms. The van der Waals surface area contributed by atoms with E-state index in [4.69, 9.17) is 5.73 Å². The summed E-state index contributed by atoms with van der Waals surface area (Å²) < 4.78 is 13.7. The Kier molecular flexibility index (Phi) is 4.05. The summed E-state index contributed by atoms with van der Waals surface area (Å²) >= 11 is 0. The molecule has 1 atom stereocenters. The average molecular weight is 244 g/mol. The molecule has 0 aliphatic carbocycles. The molecule has 1 unspecified atom stereocenters. The van der Waals surface area contributed by atoms with Gasteiger partial charge >= 0.3 is 0 Å².